The second kappa shape index (κ2) is 6.34. The topological polar surface area (TPSA) is 85.8 Å². The van der Waals surface area contributed by atoms with Gasteiger partial charge >= 0.3 is 0 Å². The molecule has 2 atom stereocenters. The second-order valence-electron chi connectivity index (χ2n) is 4.29. The number of nitrogens with two attached hydrogens (primary N) is 1. The van der Waals surface area contributed by atoms with E-state index < -0.39 is 6.04 Å². The Labute approximate surface area is 102 Å². The van der Waals surface area contributed by atoms with E-state index in [9.17, 15) is 4.79 Å². The van der Waals surface area contributed by atoms with E-state index in [-0.39, 0.29) is 11.8 Å². The molecule has 17 heavy (non-hydrogen) atoms. The van der Waals surface area contributed by atoms with Crippen LogP contribution in [-0.2, 0) is 18.3 Å². The van der Waals surface area contributed by atoms with Gasteiger partial charge in [0.2, 0.25) is 5.91 Å². The zero-order chi connectivity index (χ0) is 12.8. The standard InChI is InChI=1S/C11H21N5O/c1-4-8(2)10(12)11(17)13-6-5-9-14-7-16(3)15-9/h7-8,10H,4-6,12H2,1-3H3,(H,13,17)/t8?,10-/m0/s1. The minimum atomic E-state index is -0.434. The number of aromatic nitrogens is 3. The van der Waals surface area contributed by atoms with Crippen LogP contribution in [0.2, 0.25) is 0 Å². The molecule has 6 heteroatoms. The molecule has 0 aliphatic heterocycles. The Balaban J connectivity index is 2.29. The fraction of sp³-hybridized carbons (Fsp3) is 0.727. The number of carbonyl (C=O) groups is 1. The molecule has 0 saturated heterocycles. The Bertz CT molecular complexity index is 362. The van der Waals surface area contributed by atoms with Crippen molar-refractivity contribution in [1.82, 2.24) is 20.1 Å². The predicted molar refractivity (Wildman–Crippen MR) is 65.1 cm³/mol. The summed E-state index contributed by atoms with van der Waals surface area (Å²) in [5.74, 6) is 0.822. The zero-order valence-electron chi connectivity index (χ0n) is 10.7. The van der Waals surface area contributed by atoms with Gasteiger partial charge in [-0.15, -0.1) is 0 Å². The largest absolute Gasteiger partial charge is 0.354 e. The lowest BCUT2D eigenvalue weighted by Gasteiger charge is -2.17. The van der Waals surface area contributed by atoms with Crippen molar-refractivity contribution in [2.75, 3.05) is 6.54 Å². The van der Waals surface area contributed by atoms with E-state index in [0.717, 1.165) is 12.2 Å². The minimum Gasteiger partial charge on any atom is -0.354 e. The maximum absolute atomic E-state index is 11.7. The molecular formula is C11H21N5O. The molecule has 0 spiro atoms. The number of rotatable bonds is 6. The van der Waals surface area contributed by atoms with Gasteiger partial charge in [0.25, 0.3) is 0 Å². The van der Waals surface area contributed by atoms with E-state index in [1.807, 2.05) is 20.9 Å². The fourth-order valence-corrected chi connectivity index (χ4v) is 1.43. The first-order valence-corrected chi connectivity index (χ1v) is 5.92. The van der Waals surface area contributed by atoms with Gasteiger partial charge < -0.3 is 11.1 Å². The van der Waals surface area contributed by atoms with E-state index in [0.29, 0.717) is 13.0 Å². The van der Waals surface area contributed by atoms with Gasteiger partial charge in [0.1, 0.15) is 6.33 Å². The average Bonchev–Trinajstić information content (AvgIpc) is 2.72. The first kappa shape index (κ1) is 13.6. The van der Waals surface area contributed by atoms with Gasteiger partial charge in [-0.1, -0.05) is 20.3 Å². The summed E-state index contributed by atoms with van der Waals surface area (Å²) in [6.07, 6.45) is 3.16. The molecule has 1 aromatic heterocycles. The lowest BCUT2D eigenvalue weighted by atomic mass is 9.99. The Hall–Kier alpha value is -1.43. The summed E-state index contributed by atoms with van der Waals surface area (Å²) in [5, 5.41) is 6.93. The maximum atomic E-state index is 11.7. The highest BCUT2D eigenvalue weighted by atomic mass is 16.2. The number of hydrogen-bond acceptors (Lipinski definition) is 4. The van der Waals surface area contributed by atoms with E-state index >= 15 is 0 Å². The quantitative estimate of drug-likeness (QED) is 0.722. The summed E-state index contributed by atoms with van der Waals surface area (Å²) < 4.78 is 1.64. The van der Waals surface area contributed by atoms with Gasteiger partial charge in [-0.3, -0.25) is 9.48 Å². The van der Waals surface area contributed by atoms with Crippen LogP contribution in [0.15, 0.2) is 6.33 Å². The lowest BCUT2D eigenvalue weighted by Crippen LogP contribution is -2.45. The Morgan fingerprint density at radius 3 is 2.88 bits per heavy atom. The van der Waals surface area contributed by atoms with Crippen LogP contribution in [0.4, 0.5) is 0 Å². The first-order valence-electron chi connectivity index (χ1n) is 5.92. The van der Waals surface area contributed by atoms with Crippen LogP contribution in [0.25, 0.3) is 0 Å². The van der Waals surface area contributed by atoms with Gasteiger partial charge in [-0.2, -0.15) is 5.10 Å². The van der Waals surface area contributed by atoms with Crippen LogP contribution in [0.5, 0.6) is 0 Å². The summed E-state index contributed by atoms with van der Waals surface area (Å²) in [4.78, 5) is 15.7. The monoisotopic (exact) mass is 239 g/mol. The van der Waals surface area contributed by atoms with Crippen molar-refractivity contribution < 1.29 is 4.79 Å². The summed E-state index contributed by atoms with van der Waals surface area (Å²) in [6, 6.07) is -0.434. The van der Waals surface area contributed by atoms with Crippen molar-refractivity contribution >= 4 is 5.91 Å². The third-order valence-corrected chi connectivity index (χ3v) is 2.85. The normalized spacial score (nSPS) is 14.4. The SMILES string of the molecule is CCC(C)[C@H](N)C(=O)NCCc1ncn(C)n1. The second-order valence-corrected chi connectivity index (χ2v) is 4.29. The highest BCUT2D eigenvalue weighted by molar-refractivity contribution is 5.81. The molecule has 96 valence electrons. The van der Waals surface area contributed by atoms with Crippen LogP contribution in [0.1, 0.15) is 26.1 Å². The van der Waals surface area contributed by atoms with Crippen LogP contribution in [0.3, 0.4) is 0 Å². The van der Waals surface area contributed by atoms with Crippen molar-refractivity contribution in [3.8, 4) is 0 Å². The number of nitrogens with zero attached hydrogens (tertiary/aromatic N) is 3. The van der Waals surface area contributed by atoms with Crippen molar-refractivity contribution in [1.29, 1.82) is 0 Å². The summed E-state index contributed by atoms with van der Waals surface area (Å²) in [5.41, 5.74) is 5.81. The molecule has 0 aromatic carbocycles. The van der Waals surface area contributed by atoms with Gasteiger partial charge in [0.15, 0.2) is 5.82 Å². The lowest BCUT2D eigenvalue weighted by molar-refractivity contribution is -0.123. The van der Waals surface area contributed by atoms with Gasteiger partial charge in [-0.25, -0.2) is 4.98 Å². The molecule has 0 fully saturated rings. The molecule has 1 rings (SSSR count). The summed E-state index contributed by atoms with van der Waals surface area (Å²) >= 11 is 0. The molecule has 1 unspecified atom stereocenters. The Kier molecular flexibility index (Phi) is 5.09. The molecule has 3 N–H and O–H groups in total. The van der Waals surface area contributed by atoms with Gasteiger partial charge in [0.05, 0.1) is 6.04 Å². The number of carbonyl (C=O) groups excluding carboxylic acids is 1. The number of aryl methyl sites for hydroxylation is 1. The Morgan fingerprint density at radius 2 is 2.35 bits per heavy atom. The number of nitrogens with one attached hydrogen (secondary N) is 1. The third kappa shape index (κ3) is 4.14. The molecule has 1 heterocycles. The van der Waals surface area contributed by atoms with Crippen LogP contribution in [-0.4, -0.2) is 33.3 Å². The number of hydrogen-bond donors (Lipinski definition) is 2. The first-order chi connectivity index (χ1) is 8.04. The van der Waals surface area contributed by atoms with E-state index in [4.69, 9.17) is 5.73 Å². The highest BCUT2D eigenvalue weighted by Crippen LogP contribution is 2.04. The molecule has 0 radical (unpaired) electrons. The fourth-order valence-electron chi connectivity index (χ4n) is 1.43. The molecule has 1 aromatic rings. The van der Waals surface area contributed by atoms with Crippen LogP contribution in [0, 0.1) is 5.92 Å². The van der Waals surface area contributed by atoms with E-state index in [1.165, 1.54) is 0 Å². The molecule has 0 bridgehead atoms. The van der Waals surface area contributed by atoms with E-state index in [2.05, 4.69) is 15.4 Å². The van der Waals surface area contributed by atoms with Crippen molar-refractivity contribution in [2.24, 2.45) is 18.7 Å². The van der Waals surface area contributed by atoms with Gasteiger partial charge in [0, 0.05) is 20.0 Å². The van der Waals surface area contributed by atoms with Crippen LogP contribution < -0.4 is 11.1 Å². The molecule has 1 amide bonds. The zero-order valence-corrected chi connectivity index (χ0v) is 10.7. The van der Waals surface area contributed by atoms with Crippen molar-refractivity contribution in [2.45, 2.75) is 32.7 Å². The average molecular weight is 239 g/mol. The van der Waals surface area contributed by atoms with Crippen molar-refractivity contribution in [3.63, 3.8) is 0 Å². The maximum Gasteiger partial charge on any atom is 0.237 e. The van der Waals surface area contributed by atoms with Crippen molar-refractivity contribution in [3.05, 3.63) is 12.2 Å². The highest BCUT2D eigenvalue weighted by Gasteiger charge is 2.18. The summed E-state index contributed by atoms with van der Waals surface area (Å²) in [7, 11) is 1.81. The smallest absolute Gasteiger partial charge is 0.237 e. The van der Waals surface area contributed by atoms with E-state index in [1.54, 1.807) is 11.0 Å². The molecular weight excluding hydrogens is 218 g/mol. The molecule has 0 aliphatic carbocycles. The molecule has 6 nitrogen and oxygen atoms in total. The Morgan fingerprint density at radius 1 is 1.65 bits per heavy atom. The molecule has 0 aliphatic rings. The minimum absolute atomic E-state index is 0.102. The third-order valence-electron chi connectivity index (χ3n) is 2.85. The number of amides is 1. The molecule has 0 saturated carbocycles. The van der Waals surface area contributed by atoms with Gasteiger partial charge in [-0.05, 0) is 5.92 Å². The van der Waals surface area contributed by atoms with Crippen LogP contribution >= 0.6 is 0 Å². The predicted octanol–water partition coefficient (Wildman–Crippen LogP) is -0.153. The summed E-state index contributed by atoms with van der Waals surface area (Å²) in [6.45, 7) is 4.52.